The van der Waals surface area contributed by atoms with E-state index in [1.807, 2.05) is 11.0 Å². The van der Waals surface area contributed by atoms with E-state index in [1.165, 1.54) is 22.0 Å². The van der Waals surface area contributed by atoms with Crippen LogP contribution in [0.5, 0.6) is 0 Å². The molecule has 1 aliphatic heterocycles. The molecule has 28 heavy (non-hydrogen) atoms. The van der Waals surface area contributed by atoms with Crippen molar-refractivity contribution in [1.29, 1.82) is 0 Å². The summed E-state index contributed by atoms with van der Waals surface area (Å²) in [6, 6.07) is 14.1. The van der Waals surface area contributed by atoms with E-state index in [0.29, 0.717) is 28.4 Å². The number of hydrogen-bond acceptors (Lipinski definition) is 6. The summed E-state index contributed by atoms with van der Waals surface area (Å²) in [5.74, 6) is 8.09. The lowest BCUT2D eigenvalue weighted by Crippen LogP contribution is -2.39. The molecule has 1 amide bonds. The van der Waals surface area contributed by atoms with Crippen molar-refractivity contribution in [1.82, 2.24) is 19.8 Å². The van der Waals surface area contributed by atoms with Crippen LogP contribution in [0.3, 0.4) is 0 Å². The minimum absolute atomic E-state index is 0.116. The van der Waals surface area contributed by atoms with E-state index in [2.05, 4.69) is 34.5 Å². The van der Waals surface area contributed by atoms with E-state index in [1.54, 1.807) is 18.4 Å². The second-order valence-electron chi connectivity index (χ2n) is 6.96. The summed E-state index contributed by atoms with van der Waals surface area (Å²) in [6.07, 6.45) is 4.73. The molecule has 4 rings (SSSR count). The molecule has 0 aliphatic carbocycles. The van der Waals surface area contributed by atoms with E-state index in [9.17, 15) is 4.79 Å². The number of rotatable bonds is 6. The molecule has 1 fully saturated rings. The van der Waals surface area contributed by atoms with Crippen molar-refractivity contribution in [3.8, 4) is 11.6 Å². The van der Waals surface area contributed by atoms with Gasteiger partial charge in [-0.05, 0) is 42.9 Å². The van der Waals surface area contributed by atoms with Gasteiger partial charge in [0.1, 0.15) is 0 Å². The first kappa shape index (κ1) is 18.6. The molecule has 0 spiro atoms. The number of nitrogens with two attached hydrogens (primary N) is 1. The molecule has 1 saturated heterocycles. The van der Waals surface area contributed by atoms with Gasteiger partial charge in [-0.3, -0.25) is 4.79 Å². The van der Waals surface area contributed by atoms with Crippen molar-refractivity contribution in [2.75, 3.05) is 24.7 Å². The Labute approximate surface area is 167 Å². The van der Waals surface area contributed by atoms with Gasteiger partial charge in [0, 0.05) is 13.1 Å². The van der Waals surface area contributed by atoms with Crippen LogP contribution in [-0.4, -0.2) is 44.5 Å². The molecule has 0 radical (unpaired) electrons. The molecular formula is C20H23N5O2S. The standard InChI is InChI=1S/C20H23N5O2S/c21-25-19(17-7-4-12-27-17)22-23-20(25)28-14-18(26)24-10-8-16(9-11-24)13-15-5-2-1-3-6-15/h1-7,12,16H,8-11,13-14,21H2. The molecular weight excluding hydrogens is 374 g/mol. The summed E-state index contributed by atoms with van der Waals surface area (Å²) in [5.41, 5.74) is 1.37. The van der Waals surface area contributed by atoms with Crippen LogP contribution in [0.2, 0.25) is 0 Å². The molecule has 0 unspecified atom stereocenters. The lowest BCUT2D eigenvalue weighted by atomic mass is 9.90. The summed E-state index contributed by atoms with van der Waals surface area (Å²) >= 11 is 1.30. The number of nitrogen functional groups attached to an aromatic ring is 1. The second-order valence-corrected chi connectivity index (χ2v) is 7.90. The SMILES string of the molecule is Nn1c(SCC(=O)N2CCC(Cc3ccccc3)CC2)nnc1-c1ccco1. The number of piperidine rings is 1. The Bertz CT molecular complexity index is 902. The van der Waals surface area contributed by atoms with E-state index in [4.69, 9.17) is 10.3 Å². The molecule has 0 bridgehead atoms. The molecule has 3 heterocycles. The first-order chi connectivity index (χ1) is 13.7. The first-order valence-corrected chi connectivity index (χ1v) is 10.4. The maximum absolute atomic E-state index is 12.6. The van der Waals surface area contributed by atoms with Crippen LogP contribution in [0.25, 0.3) is 11.6 Å². The van der Waals surface area contributed by atoms with E-state index >= 15 is 0 Å². The Morgan fingerprint density at radius 3 is 2.64 bits per heavy atom. The number of nitrogens with zero attached hydrogens (tertiary/aromatic N) is 4. The summed E-state index contributed by atoms with van der Waals surface area (Å²) in [5, 5.41) is 8.61. The zero-order valence-corrected chi connectivity index (χ0v) is 16.3. The number of amides is 1. The van der Waals surface area contributed by atoms with Gasteiger partial charge < -0.3 is 15.2 Å². The summed E-state index contributed by atoms with van der Waals surface area (Å²) in [7, 11) is 0. The average molecular weight is 398 g/mol. The number of hydrogen-bond donors (Lipinski definition) is 1. The summed E-state index contributed by atoms with van der Waals surface area (Å²) in [6.45, 7) is 1.62. The van der Waals surface area contributed by atoms with Gasteiger partial charge in [-0.25, -0.2) is 4.68 Å². The monoisotopic (exact) mass is 397 g/mol. The van der Waals surface area contributed by atoms with Gasteiger partial charge in [-0.15, -0.1) is 10.2 Å². The van der Waals surface area contributed by atoms with Crippen molar-refractivity contribution in [2.45, 2.75) is 24.4 Å². The number of thioether (sulfide) groups is 1. The average Bonchev–Trinajstić information content (AvgIpc) is 3.37. The third-order valence-corrected chi connectivity index (χ3v) is 5.99. The molecule has 146 valence electrons. The van der Waals surface area contributed by atoms with Crippen molar-refractivity contribution in [3.63, 3.8) is 0 Å². The largest absolute Gasteiger partial charge is 0.461 e. The third-order valence-electron chi connectivity index (χ3n) is 5.07. The minimum Gasteiger partial charge on any atom is -0.461 e. The van der Waals surface area contributed by atoms with Gasteiger partial charge in [-0.1, -0.05) is 42.1 Å². The molecule has 2 aromatic heterocycles. The van der Waals surface area contributed by atoms with Crippen LogP contribution >= 0.6 is 11.8 Å². The molecule has 0 saturated carbocycles. The van der Waals surface area contributed by atoms with Crippen LogP contribution in [0, 0.1) is 5.92 Å². The molecule has 0 atom stereocenters. The van der Waals surface area contributed by atoms with Gasteiger partial charge in [0.2, 0.25) is 16.9 Å². The quantitative estimate of drug-likeness (QED) is 0.508. The van der Waals surface area contributed by atoms with Gasteiger partial charge in [-0.2, -0.15) is 0 Å². The van der Waals surface area contributed by atoms with Crippen molar-refractivity contribution in [2.24, 2.45) is 5.92 Å². The number of aromatic nitrogens is 3. The molecule has 2 N–H and O–H groups in total. The number of benzene rings is 1. The predicted molar refractivity (Wildman–Crippen MR) is 108 cm³/mol. The van der Waals surface area contributed by atoms with Crippen LogP contribution in [0.4, 0.5) is 0 Å². The topological polar surface area (TPSA) is 90.2 Å². The second kappa shape index (κ2) is 8.52. The highest BCUT2D eigenvalue weighted by Crippen LogP contribution is 2.24. The predicted octanol–water partition coefficient (Wildman–Crippen LogP) is 2.83. The van der Waals surface area contributed by atoms with Crippen molar-refractivity contribution in [3.05, 3.63) is 54.3 Å². The molecule has 8 heteroatoms. The Morgan fingerprint density at radius 2 is 1.93 bits per heavy atom. The van der Waals surface area contributed by atoms with Gasteiger partial charge >= 0.3 is 0 Å². The first-order valence-electron chi connectivity index (χ1n) is 9.39. The minimum atomic E-state index is 0.116. The number of likely N-dealkylation sites (tertiary alicyclic amines) is 1. The smallest absolute Gasteiger partial charge is 0.233 e. The van der Waals surface area contributed by atoms with Crippen LogP contribution in [-0.2, 0) is 11.2 Å². The zero-order chi connectivity index (χ0) is 19.3. The fraction of sp³-hybridized carbons (Fsp3) is 0.350. The highest BCUT2D eigenvalue weighted by Gasteiger charge is 2.24. The van der Waals surface area contributed by atoms with Gasteiger partial charge in [0.05, 0.1) is 12.0 Å². The third kappa shape index (κ3) is 4.22. The number of carbonyl (C=O) groups is 1. The highest BCUT2D eigenvalue weighted by molar-refractivity contribution is 7.99. The highest BCUT2D eigenvalue weighted by atomic mass is 32.2. The number of carbonyl (C=O) groups excluding carboxylic acids is 1. The Kier molecular flexibility index (Phi) is 5.66. The van der Waals surface area contributed by atoms with Crippen LogP contribution in [0.15, 0.2) is 58.3 Å². The Morgan fingerprint density at radius 1 is 1.14 bits per heavy atom. The Hall–Kier alpha value is -2.74. The van der Waals surface area contributed by atoms with Crippen molar-refractivity contribution < 1.29 is 9.21 Å². The van der Waals surface area contributed by atoms with Gasteiger partial charge in [0.25, 0.3) is 0 Å². The van der Waals surface area contributed by atoms with E-state index in [0.717, 1.165) is 32.4 Å². The fourth-order valence-corrected chi connectivity index (χ4v) is 4.26. The molecule has 1 aromatic carbocycles. The van der Waals surface area contributed by atoms with Gasteiger partial charge in [0.15, 0.2) is 5.76 Å². The maximum Gasteiger partial charge on any atom is 0.233 e. The molecule has 1 aliphatic rings. The Balaban J connectivity index is 1.26. The number of furan rings is 1. The zero-order valence-electron chi connectivity index (χ0n) is 15.5. The maximum atomic E-state index is 12.6. The van der Waals surface area contributed by atoms with E-state index in [-0.39, 0.29) is 5.91 Å². The van der Waals surface area contributed by atoms with Crippen molar-refractivity contribution >= 4 is 17.7 Å². The van der Waals surface area contributed by atoms with E-state index < -0.39 is 0 Å². The fourth-order valence-electron chi connectivity index (χ4n) is 3.50. The lowest BCUT2D eigenvalue weighted by molar-refractivity contribution is -0.129. The van der Waals surface area contributed by atoms with Crippen LogP contribution in [0.1, 0.15) is 18.4 Å². The summed E-state index contributed by atoms with van der Waals surface area (Å²) < 4.78 is 6.66. The molecule has 7 nitrogen and oxygen atoms in total. The molecule has 3 aromatic rings. The summed E-state index contributed by atoms with van der Waals surface area (Å²) in [4.78, 5) is 14.5. The lowest BCUT2D eigenvalue weighted by Gasteiger charge is -2.32. The normalized spacial score (nSPS) is 15.1. The van der Waals surface area contributed by atoms with Crippen LogP contribution < -0.4 is 5.84 Å².